The standard InChI is InChI=1S/C14H14N4O2S/c1-8-16-13(12-14(17-8)21-7-15-12)18-9-4-5-10(19-2)11(6-9)20-3/h4-7H,1-3H3,(H,16,17,18). The highest BCUT2D eigenvalue weighted by Crippen LogP contribution is 2.32. The Hall–Kier alpha value is -2.41. The Kier molecular flexibility index (Phi) is 3.57. The van der Waals surface area contributed by atoms with Crippen LogP contribution >= 0.6 is 11.3 Å². The Labute approximate surface area is 125 Å². The molecule has 6 nitrogen and oxygen atoms in total. The number of nitrogens with one attached hydrogen (secondary N) is 1. The Morgan fingerprint density at radius 2 is 1.90 bits per heavy atom. The van der Waals surface area contributed by atoms with Crippen molar-refractivity contribution in [3.8, 4) is 11.5 Å². The molecule has 0 fully saturated rings. The second-order valence-electron chi connectivity index (χ2n) is 4.32. The van der Waals surface area contributed by atoms with Crippen LogP contribution in [-0.2, 0) is 0 Å². The average molecular weight is 302 g/mol. The van der Waals surface area contributed by atoms with Crippen molar-refractivity contribution in [2.45, 2.75) is 6.92 Å². The summed E-state index contributed by atoms with van der Waals surface area (Å²) in [6.07, 6.45) is 0. The van der Waals surface area contributed by atoms with E-state index in [4.69, 9.17) is 9.47 Å². The zero-order valence-electron chi connectivity index (χ0n) is 11.9. The molecule has 0 radical (unpaired) electrons. The topological polar surface area (TPSA) is 69.2 Å². The van der Waals surface area contributed by atoms with E-state index in [9.17, 15) is 0 Å². The molecule has 3 aromatic rings. The lowest BCUT2D eigenvalue weighted by Gasteiger charge is -2.11. The Balaban J connectivity index is 2.00. The normalized spacial score (nSPS) is 10.6. The first-order chi connectivity index (χ1) is 10.2. The van der Waals surface area contributed by atoms with E-state index < -0.39 is 0 Å². The summed E-state index contributed by atoms with van der Waals surface area (Å²) in [5.74, 6) is 2.73. The Bertz CT molecular complexity index is 788. The summed E-state index contributed by atoms with van der Waals surface area (Å²) in [6, 6.07) is 5.60. The first-order valence-corrected chi connectivity index (χ1v) is 7.16. The van der Waals surface area contributed by atoms with E-state index >= 15 is 0 Å². The molecule has 0 spiro atoms. The van der Waals surface area contributed by atoms with Gasteiger partial charge in [0.15, 0.2) is 17.3 Å². The van der Waals surface area contributed by atoms with Crippen LogP contribution in [0.25, 0.3) is 10.3 Å². The zero-order valence-corrected chi connectivity index (χ0v) is 12.7. The maximum absolute atomic E-state index is 5.30. The fourth-order valence-electron chi connectivity index (χ4n) is 2.01. The average Bonchev–Trinajstić information content (AvgIpc) is 2.95. The first-order valence-electron chi connectivity index (χ1n) is 6.28. The fourth-order valence-corrected chi connectivity index (χ4v) is 2.71. The first kappa shape index (κ1) is 13.6. The molecule has 3 rings (SSSR count). The van der Waals surface area contributed by atoms with Crippen LogP contribution in [0.2, 0.25) is 0 Å². The van der Waals surface area contributed by atoms with Gasteiger partial charge in [-0.25, -0.2) is 15.0 Å². The van der Waals surface area contributed by atoms with Crippen molar-refractivity contribution in [3.63, 3.8) is 0 Å². The summed E-state index contributed by atoms with van der Waals surface area (Å²) in [5.41, 5.74) is 3.37. The van der Waals surface area contributed by atoms with Crippen LogP contribution < -0.4 is 14.8 Å². The van der Waals surface area contributed by atoms with Crippen LogP contribution in [0.1, 0.15) is 5.82 Å². The minimum absolute atomic E-state index is 0.655. The molecule has 0 aliphatic heterocycles. The molecule has 0 saturated carbocycles. The van der Waals surface area contributed by atoms with Gasteiger partial charge in [-0.1, -0.05) is 0 Å². The van der Waals surface area contributed by atoms with Gasteiger partial charge in [0.1, 0.15) is 16.2 Å². The number of benzene rings is 1. The molecular formula is C14H14N4O2S. The fraction of sp³-hybridized carbons (Fsp3) is 0.214. The molecule has 108 valence electrons. The van der Waals surface area contributed by atoms with Crippen molar-refractivity contribution < 1.29 is 9.47 Å². The molecule has 0 aliphatic rings. The highest BCUT2D eigenvalue weighted by Gasteiger charge is 2.10. The van der Waals surface area contributed by atoms with Crippen molar-refractivity contribution in [3.05, 3.63) is 29.5 Å². The van der Waals surface area contributed by atoms with Gasteiger partial charge < -0.3 is 14.8 Å². The summed E-state index contributed by atoms with van der Waals surface area (Å²) >= 11 is 1.49. The maximum atomic E-state index is 5.30. The number of anilines is 2. The van der Waals surface area contributed by atoms with Gasteiger partial charge in [-0.3, -0.25) is 0 Å². The van der Waals surface area contributed by atoms with Crippen molar-refractivity contribution in [2.24, 2.45) is 0 Å². The lowest BCUT2D eigenvalue weighted by molar-refractivity contribution is 0.355. The van der Waals surface area contributed by atoms with Crippen LogP contribution in [-0.4, -0.2) is 29.2 Å². The van der Waals surface area contributed by atoms with Crippen molar-refractivity contribution >= 4 is 33.2 Å². The van der Waals surface area contributed by atoms with E-state index in [1.807, 2.05) is 25.1 Å². The summed E-state index contributed by atoms with van der Waals surface area (Å²) in [6.45, 7) is 1.86. The predicted molar refractivity (Wildman–Crippen MR) is 82.8 cm³/mol. The van der Waals surface area contributed by atoms with Crippen molar-refractivity contribution in [2.75, 3.05) is 19.5 Å². The van der Waals surface area contributed by atoms with Crippen LogP contribution in [0.4, 0.5) is 11.5 Å². The number of aromatic nitrogens is 3. The lowest BCUT2D eigenvalue weighted by Crippen LogP contribution is -1.99. The highest BCUT2D eigenvalue weighted by molar-refractivity contribution is 7.16. The van der Waals surface area contributed by atoms with E-state index in [2.05, 4.69) is 20.3 Å². The van der Waals surface area contributed by atoms with Gasteiger partial charge in [-0.05, 0) is 19.1 Å². The number of thiazole rings is 1. The minimum atomic E-state index is 0.655. The number of fused-ring (bicyclic) bond motifs is 1. The van der Waals surface area contributed by atoms with Gasteiger partial charge >= 0.3 is 0 Å². The zero-order chi connectivity index (χ0) is 14.8. The predicted octanol–water partition coefficient (Wildman–Crippen LogP) is 3.16. The number of nitrogens with zero attached hydrogens (tertiary/aromatic N) is 3. The maximum Gasteiger partial charge on any atom is 0.162 e. The molecule has 0 bridgehead atoms. The second kappa shape index (κ2) is 5.53. The minimum Gasteiger partial charge on any atom is -0.493 e. The summed E-state index contributed by atoms with van der Waals surface area (Å²) in [7, 11) is 3.21. The number of hydrogen-bond donors (Lipinski definition) is 1. The van der Waals surface area contributed by atoms with Gasteiger partial charge in [0.05, 0.1) is 19.7 Å². The number of methoxy groups -OCH3 is 2. The molecule has 1 aromatic carbocycles. The van der Waals surface area contributed by atoms with Crippen molar-refractivity contribution in [1.82, 2.24) is 15.0 Å². The molecule has 0 atom stereocenters. The molecule has 7 heteroatoms. The number of aryl methyl sites for hydroxylation is 1. The highest BCUT2D eigenvalue weighted by atomic mass is 32.1. The van der Waals surface area contributed by atoms with Gasteiger partial charge in [-0.2, -0.15) is 0 Å². The molecule has 2 heterocycles. The van der Waals surface area contributed by atoms with Crippen LogP contribution in [0.5, 0.6) is 11.5 Å². The van der Waals surface area contributed by atoms with E-state index in [0.29, 0.717) is 23.1 Å². The number of hydrogen-bond acceptors (Lipinski definition) is 7. The van der Waals surface area contributed by atoms with Gasteiger partial charge in [-0.15, -0.1) is 11.3 Å². The second-order valence-corrected chi connectivity index (χ2v) is 5.15. The van der Waals surface area contributed by atoms with Crippen LogP contribution in [0.3, 0.4) is 0 Å². The SMILES string of the molecule is COc1ccc(Nc2nc(C)nc3scnc23)cc1OC. The van der Waals surface area contributed by atoms with Gasteiger partial charge in [0.2, 0.25) is 0 Å². The number of rotatable bonds is 4. The smallest absolute Gasteiger partial charge is 0.162 e. The summed E-state index contributed by atoms with van der Waals surface area (Å²) in [4.78, 5) is 13.9. The Morgan fingerprint density at radius 1 is 1.10 bits per heavy atom. The summed E-state index contributed by atoms with van der Waals surface area (Å²) in [5, 5.41) is 3.26. The summed E-state index contributed by atoms with van der Waals surface area (Å²) < 4.78 is 10.5. The Morgan fingerprint density at radius 3 is 2.67 bits per heavy atom. The molecule has 21 heavy (non-hydrogen) atoms. The van der Waals surface area contributed by atoms with Crippen molar-refractivity contribution in [1.29, 1.82) is 0 Å². The monoisotopic (exact) mass is 302 g/mol. The molecule has 1 N–H and O–H groups in total. The molecule has 0 aliphatic carbocycles. The van der Waals surface area contributed by atoms with E-state index in [1.165, 1.54) is 11.3 Å². The van der Waals surface area contributed by atoms with Crippen LogP contribution in [0, 0.1) is 6.92 Å². The van der Waals surface area contributed by atoms with Gasteiger partial charge in [0.25, 0.3) is 0 Å². The third-order valence-electron chi connectivity index (χ3n) is 2.96. The van der Waals surface area contributed by atoms with E-state index in [-0.39, 0.29) is 0 Å². The lowest BCUT2D eigenvalue weighted by atomic mass is 10.2. The quantitative estimate of drug-likeness (QED) is 0.798. The molecule has 0 amide bonds. The molecule has 2 aromatic heterocycles. The third kappa shape index (κ3) is 2.59. The molecular weight excluding hydrogens is 288 g/mol. The molecule has 0 saturated heterocycles. The van der Waals surface area contributed by atoms with E-state index in [0.717, 1.165) is 16.0 Å². The number of ether oxygens (including phenoxy) is 2. The van der Waals surface area contributed by atoms with E-state index in [1.54, 1.807) is 19.7 Å². The van der Waals surface area contributed by atoms with Gasteiger partial charge in [0, 0.05) is 11.8 Å². The van der Waals surface area contributed by atoms with Crippen LogP contribution in [0.15, 0.2) is 23.7 Å². The largest absolute Gasteiger partial charge is 0.493 e. The third-order valence-corrected chi connectivity index (χ3v) is 3.67. The molecule has 0 unspecified atom stereocenters.